The quantitative estimate of drug-likeness (QED) is 0.749. The zero-order valence-corrected chi connectivity index (χ0v) is 13.6. The van der Waals surface area contributed by atoms with Crippen LogP contribution >= 0.6 is 0 Å². The van der Waals surface area contributed by atoms with Gasteiger partial charge in [0.15, 0.2) is 0 Å². The molecule has 0 saturated heterocycles. The summed E-state index contributed by atoms with van der Waals surface area (Å²) >= 11 is 0. The van der Waals surface area contributed by atoms with E-state index in [0.717, 1.165) is 35.9 Å². The topological polar surface area (TPSA) is 53.7 Å². The van der Waals surface area contributed by atoms with Gasteiger partial charge in [0.1, 0.15) is 11.3 Å². The second-order valence-electron chi connectivity index (χ2n) is 6.22. The number of benzene rings is 2. The van der Waals surface area contributed by atoms with E-state index in [1.807, 2.05) is 19.1 Å². The number of aromatic hydroxyl groups is 1. The van der Waals surface area contributed by atoms with Gasteiger partial charge in [-0.25, -0.2) is 4.79 Å². The van der Waals surface area contributed by atoms with E-state index in [-0.39, 0.29) is 11.4 Å². The van der Waals surface area contributed by atoms with Crippen molar-refractivity contribution in [2.75, 3.05) is 11.4 Å². The van der Waals surface area contributed by atoms with Crippen LogP contribution < -0.4 is 10.5 Å². The first-order valence-corrected chi connectivity index (χ1v) is 8.27. The Balaban J connectivity index is 1.81. The van der Waals surface area contributed by atoms with Crippen LogP contribution in [0.2, 0.25) is 0 Å². The first-order valence-electron chi connectivity index (χ1n) is 8.27. The van der Waals surface area contributed by atoms with Gasteiger partial charge in [0, 0.05) is 36.3 Å². The van der Waals surface area contributed by atoms with Gasteiger partial charge in [0.2, 0.25) is 0 Å². The number of phenols is 1. The van der Waals surface area contributed by atoms with Crippen molar-refractivity contribution in [2.24, 2.45) is 0 Å². The van der Waals surface area contributed by atoms with Crippen LogP contribution in [0.4, 0.5) is 5.69 Å². The number of anilines is 1. The molecule has 0 fully saturated rings. The molecule has 0 atom stereocenters. The summed E-state index contributed by atoms with van der Waals surface area (Å²) in [7, 11) is 0. The average Bonchev–Trinajstić information content (AvgIpc) is 2.97. The SMILES string of the molecule is CCc1cc2c(CN3CCc4ccccc43)cc(=O)oc2cc1O. The maximum Gasteiger partial charge on any atom is 0.336 e. The molecule has 1 aliphatic heterocycles. The highest BCUT2D eigenvalue weighted by Crippen LogP contribution is 2.31. The van der Waals surface area contributed by atoms with Gasteiger partial charge in [-0.1, -0.05) is 25.1 Å². The van der Waals surface area contributed by atoms with Gasteiger partial charge in [0.05, 0.1) is 0 Å². The zero-order valence-electron chi connectivity index (χ0n) is 13.6. The molecule has 2 heterocycles. The van der Waals surface area contributed by atoms with Crippen molar-refractivity contribution in [1.29, 1.82) is 0 Å². The maximum atomic E-state index is 11.9. The Morgan fingerprint density at radius 1 is 1.17 bits per heavy atom. The Kier molecular flexibility index (Phi) is 3.53. The van der Waals surface area contributed by atoms with Gasteiger partial charge in [-0.2, -0.15) is 0 Å². The molecule has 0 saturated carbocycles. The lowest BCUT2D eigenvalue weighted by atomic mass is 10.0. The second kappa shape index (κ2) is 5.71. The summed E-state index contributed by atoms with van der Waals surface area (Å²) in [6.07, 6.45) is 1.75. The smallest absolute Gasteiger partial charge is 0.336 e. The number of rotatable bonds is 3. The van der Waals surface area contributed by atoms with Gasteiger partial charge in [-0.15, -0.1) is 0 Å². The van der Waals surface area contributed by atoms with Crippen LogP contribution in [0.25, 0.3) is 11.0 Å². The minimum absolute atomic E-state index is 0.178. The fraction of sp³-hybridized carbons (Fsp3) is 0.250. The van der Waals surface area contributed by atoms with Crippen LogP contribution in [0.1, 0.15) is 23.6 Å². The molecule has 4 rings (SSSR count). The summed E-state index contributed by atoms with van der Waals surface area (Å²) in [5, 5.41) is 10.9. The van der Waals surface area contributed by atoms with Crippen LogP contribution in [0.15, 0.2) is 51.7 Å². The fourth-order valence-corrected chi connectivity index (χ4v) is 3.50. The first kappa shape index (κ1) is 14.8. The van der Waals surface area contributed by atoms with Crippen LogP contribution in [0.5, 0.6) is 5.75 Å². The summed E-state index contributed by atoms with van der Waals surface area (Å²) < 4.78 is 5.28. The number of hydrogen-bond acceptors (Lipinski definition) is 4. The van der Waals surface area contributed by atoms with Crippen LogP contribution in [0, 0.1) is 0 Å². The van der Waals surface area contributed by atoms with Gasteiger partial charge in [0.25, 0.3) is 0 Å². The van der Waals surface area contributed by atoms with Crippen LogP contribution in [-0.4, -0.2) is 11.7 Å². The molecule has 4 heteroatoms. The molecule has 3 aromatic rings. The lowest BCUT2D eigenvalue weighted by Gasteiger charge is -2.20. The predicted molar refractivity (Wildman–Crippen MR) is 94.7 cm³/mol. The molecule has 0 bridgehead atoms. The lowest BCUT2D eigenvalue weighted by Crippen LogP contribution is -2.20. The molecule has 0 unspecified atom stereocenters. The highest BCUT2D eigenvalue weighted by Gasteiger charge is 2.20. The van der Waals surface area contributed by atoms with E-state index < -0.39 is 0 Å². The third-order valence-electron chi connectivity index (χ3n) is 4.75. The molecule has 0 radical (unpaired) electrons. The second-order valence-corrected chi connectivity index (χ2v) is 6.22. The van der Waals surface area contributed by atoms with Crippen LogP contribution in [-0.2, 0) is 19.4 Å². The van der Waals surface area contributed by atoms with Crippen molar-refractivity contribution in [3.8, 4) is 5.75 Å². The Morgan fingerprint density at radius 3 is 2.83 bits per heavy atom. The number of nitrogens with zero attached hydrogens (tertiary/aromatic N) is 1. The maximum absolute atomic E-state index is 11.9. The summed E-state index contributed by atoms with van der Waals surface area (Å²) in [4.78, 5) is 14.2. The summed E-state index contributed by atoms with van der Waals surface area (Å²) in [5.74, 6) is 0.178. The minimum atomic E-state index is -0.381. The standard InChI is InChI=1S/C20H19NO3/c1-2-13-9-16-15(10-20(23)24-19(16)11-18(13)22)12-21-8-7-14-5-3-4-6-17(14)21/h3-6,9-11,22H,2,7-8,12H2,1H3. The lowest BCUT2D eigenvalue weighted by molar-refractivity contribution is 0.466. The molecular weight excluding hydrogens is 302 g/mol. The van der Waals surface area contributed by atoms with E-state index in [9.17, 15) is 9.90 Å². The normalized spacial score (nSPS) is 13.5. The Labute approximate surface area is 140 Å². The molecular formula is C20H19NO3. The van der Waals surface area contributed by atoms with E-state index in [4.69, 9.17) is 4.42 Å². The number of phenolic OH excluding ortho intramolecular Hbond substituents is 1. The fourth-order valence-electron chi connectivity index (χ4n) is 3.50. The van der Waals surface area contributed by atoms with Gasteiger partial charge in [-0.05, 0) is 41.7 Å². The van der Waals surface area contributed by atoms with Crippen molar-refractivity contribution in [3.63, 3.8) is 0 Å². The monoisotopic (exact) mass is 321 g/mol. The number of aryl methyl sites for hydroxylation is 1. The van der Waals surface area contributed by atoms with Gasteiger partial charge >= 0.3 is 5.63 Å². The third-order valence-corrected chi connectivity index (χ3v) is 4.75. The van der Waals surface area contributed by atoms with E-state index in [1.165, 1.54) is 11.3 Å². The van der Waals surface area contributed by atoms with Crippen molar-refractivity contribution < 1.29 is 9.52 Å². The molecule has 2 aromatic carbocycles. The molecule has 24 heavy (non-hydrogen) atoms. The highest BCUT2D eigenvalue weighted by atomic mass is 16.4. The summed E-state index contributed by atoms with van der Waals surface area (Å²) in [6.45, 7) is 3.60. The molecule has 0 spiro atoms. The number of para-hydroxylation sites is 1. The third kappa shape index (κ3) is 2.44. The van der Waals surface area contributed by atoms with Crippen molar-refractivity contribution >= 4 is 16.7 Å². The largest absolute Gasteiger partial charge is 0.508 e. The van der Waals surface area contributed by atoms with Crippen LogP contribution in [0.3, 0.4) is 0 Å². The van der Waals surface area contributed by atoms with E-state index in [0.29, 0.717) is 12.1 Å². The average molecular weight is 321 g/mol. The highest BCUT2D eigenvalue weighted by molar-refractivity contribution is 5.83. The number of fused-ring (bicyclic) bond motifs is 2. The molecule has 0 amide bonds. The number of hydrogen-bond donors (Lipinski definition) is 1. The van der Waals surface area contributed by atoms with E-state index in [1.54, 1.807) is 12.1 Å². The van der Waals surface area contributed by atoms with Crippen molar-refractivity contribution in [1.82, 2.24) is 0 Å². The first-order chi connectivity index (χ1) is 11.7. The molecule has 1 N–H and O–H groups in total. The summed E-state index contributed by atoms with van der Waals surface area (Å²) in [6, 6.07) is 13.4. The zero-order chi connectivity index (χ0) is 16.7. The summed E-state index contributed by atoms with van der Waals surface area (Å²) in [5.41, 5.74) is 4.44. The Hall–Kier alpha value is -2.75. The van der Waals surface area contributed by atoms with Crippen molar-refractivity contribution in [3.05, 3.63) is 69.6 Å². The molecule has 1 aliphatic rings. The predicted octanol–water partition coefficient (Wildman–Crippen LogP) is 3.62. The minimum Gasteiger partial charge on any atom is -0.508 e. The van der Waals surface area contributed by atoms with E-state index >= 15 is 0 Å². The Bertz CT molecular complexity index is 974. The molecule has 4 nitrogen and oxygen atoms in total. The Morgan fingerprint density at radius 2 is 2.00 bits per heavy atom. The molecule has 1 aromatic heterocycles. The van der Waals surface area contributed by atoms with E-state index in [2.05, 4.69) is 23.1 Å². The van der Waals surface area contributed by atoms with Gasteiger partial charge < -0.3 is 14.4 Å². The van der Waals surface area contributed by atoms with Gasteiger partial charge in [-0.3, -0.25) is 0 Å². The molecule has 122 valence electrons. The molecule has 0 aliphatic carbocycles. The van der Waals surface area contributed by atoms with Crippen molar-refractivity contribution in [2.45, 2.75) is 26.3 Å².